The highest BCUT2D eigenvalue weighted by molar-refractivity contribution is 5.91. The number of phenolic OH excluding ortho intramolecular Hbond substituents is 2. The van der Waals surface area contributed by atoms with E-state index in [1.165, 1.54) is 0 Å². The van der Waals surface area contributed by atoms with Gasteiger partial charge in [-0.05, 0) is 12.1 Å². The summed E-state index contributed by atoms with van der Waals surface area (Å²) in [5.74, 6) is -1.27. The minimum absolute atomic E-state index is 0.379. The van der Waals surface area contributed by atoms with Crippen molar-refractivity contribution in [1.29, 1.82) is 0 Å². The third kappa shape index (κ3) is 2.71. The van der Waals surface area contributed by atoms with Crippen molar-refractivity contribution >= 4 is 11.9 Å². The number of carbonyl (C=O) groups is 2. The quantitative estimate of drug-likeness (QED) is 0.334. The summed E-state index contributed by atoms with van der Waals surface area (Å²) in [6.07, 6.45) is 9.53. The van der Waals surface area contributed by atoms with Gasteiger partial charge in [0, 0.05) is 11.8 Å². The molecular formula is C12H6O6. The zero-order chi connectivity index (χ0) is 13.7. The van der Waals surface area contributed by atoms with Crippen LogP contribution in [-0.2, 0) is 9.59 Å². The second-order valence-electron chi connectivity index (χ2n) is 2.83. The van der Waals surface area contributed by atoms with E-state index >= 15 is 0 Å². The first kappa shape index (κ1) is 12.9. The first-order chi connectivity index (χ1) is 8.49. The Morgan fingerprint density at radius 2 is 1.61 bits per heavy atom. The Morgan fingerprint density at radius 3 is 2.17 bits per heavy atom. The molecule has 0 unspecified atom stereocenters. The van der Waals surface area contributed by atoms with Crippen LogP contribution in [-0.4, -0.2) is 22.2 Å². The molecule has 0 aliphatic heterocycles. The largest absolute Gasteiger partial charge is 0.504 e. The van der Waals surface area contributed by atoms with E-state index in [4.69, 9.17) is 12.8 Å². The molecular weight excluding hydrogens is 240 g/mol. The standard InChI is InChI=1S/C12H6O6/c1-3-9(14)17-8-6-5-7(13)12(11(8)16)18-10(15)4-2/h1-2,5-6,13,16H. The Hall–Kier alpha value is -3.12. The van der Waals surface area contributed by atoms with Crippen molar-refractivity contribution in [3.63, 3.8) is 0 Å². The van der Waals surface area contributed by atoms with Crippen molar-refractivity contribution in [2.75, 3.05) is 0 Å². The molecule has 1 aromatic rings. The molecule has 1 rings (SSSR count). The summed E-state index contributed by atoms with van der Waals surface area (Å²) in [6, 6.07) is 2.09. The molecule has 0 heterocycles. The first-order valence-corrected chi connectivity index (χ1v) is 4.41. The van der Waals surface area contributed by atoms with Crippen LogP contribution in [0.15, 0.2) is 12.1 Å². The summed E-state index contributed by atoms with van der Waals surface area (Å²) >= 11 is 0. The van der Waals surface area contributed by atoms with Crippen molar-refractivity contribution in [1.82, 2.24) is 0 Å². The van der Waals surface area contributed by atoms with Crippen LogP contribution in [0.3, 0.4) is 0 Å². The lowest BCUT2D eigenvalue weighted by Crippen LogP contribution is -2.07. The number of hydrogen-bond donors (Lipinski definition) is 2. The lowest BCUT2D eigenvalue weighted by atomic mass is 10.2. The molecule has 6 heteroatoms. The third-order valence-corrected chi connectivity index (χ3v) is 1.71. The summed E-state index contributed by atoms with van der Waals surface area (Å²) in [6.45, 7) is 0. The number of carbonyl (C=O) groups excluding carboxylic acids is 2. The number of phenols is 2. The average Bonchev–Trinajstić information content (AvgIpc) is 2.37. The second kappa shape index (κ2) is 5.28. The fraction of sp³-hybridized carbons (Fsp3) is 0. The maximum Gasteiger partial charge on any atom is 0.389 e. The molecule has 0 aliphatic rings. The van der Waals surface area contributed by atoms with Gasteiger partial charge in [0.25, 0.3) is 0 Å². The van der Waals surface area contributed by atoms with Crippen LogP contribution < -0.4 is 9.47 Å². The molecule has 0 saturated heterocycles. The number of esters is 2. The van der Waals surface area contributed by atoms with Gasteiger partial charge in [-0.1, -0.05) is 0 Å². The minimum Gasteiger partial charge on any atom is -0.504 e. The van der Waals surface area contributed by atoms with Gasteiger partial charge in [0.05, 0.1) is 0 Å². The number of aromatic hydroxyl groups is 2. The molecule has 0 bridgehead atoms. The molecule has 0 fully saturated rings. The Kier molecular flexibility index (Phi) is 3.80. The van der Waals surface area contributed by atoms with Crippen molar-refractivity contribution in [2.24, 2.45) is 0 Å². The van der Waals surface area contributed by atoms with Crippen LogP contribution in [0.5, 0.6) is 23.0 Å². The summed E-state index contributed by atoms with van der Waals surface area (Å²) in [5, 5.41) is 19.0. The smallest absolute Gasteiger partial charge is 0.389 e. The lowest BCUT2D eigenvalue weighted by Gasteiger charge is -2.09. The number of rotatable bonds is 2. The van der Waals surface area contributed by atoms with E-state index in [1.54, 1.807) is 11.8 Å². The highest BCUT2D eigenvalue weighted by Crippen LogP contribution is 2.42. The SMILES string of the molecule is C#CC(=O)Oc1ccc(O)c(OC(=O)C#C)c1O. The summed E-state index contributed by atoms with van der Waals surface area (Å²) < 4.78 is 8.99. The predicted molar refractivity (Wildman–Crippen MR) is 58.7 cm³/mol. The monoisotopic (exact) mass is 246 g/mol. The molecule has 0 spiro atoms. The topological polar surface area (TPSA) is 93.1 Å². The zero-order valence-electron chi connectivity index (χ0n) is 8.84. The fourth-order valence-corrected chi connectivity index (χ4v) is 0.977. The van der Waals surface area contributed by atoms with Gasteiger partial charge in [-0.25, -0.2) is 9.59 Å². The molecule has 0 atom stereocenters. The lowest BCUT2D eigenvalue weighted by molar-refractivity contribution is -0.128. The number of hydrogen-bond acceptors (Lipinski definition) is 6. The van der Waals surface area contributed by atoms with Gasteiger partial charge in [-0.15, -0.1) is 12.8 Å². The maximum atomic E-state index is 10.9. The van der Waals surface area contributed by atoms with E-state index in [1.807, 2.05) is 0 Å². The van der Waals surface area contributed by atoms with Crippen molar-refractivity contribution in [3.8, 4) is 47.7 Å². The molecule has 0 amide bonds. The van der Waals surface area contributed by atoms with Crippen molar-refractivity contribution in [2.45, 2.75) is 0 Å². The highest BCUT2D eigenvalue weighted by Gasteiger charge is 2.18. The molecule has 2 N–H and O–H groups in total. The molecule has 18 heavy (non-hydrogen) atoms. The Labute approximate surface area is 102 Å². The maximum absolute atomic E-state index is 10.9. The van der Waals surface area contributed by atoms with Crippen molar-refractivity contribution < 1.29 is 29.3 Å². The van der Waals surface area contributed by atoms with Gasteiger partial charge in [0.2, 0.25) is 11.5 Å². The number of benzene rings is 1. The molecule has 0 saturated carbocycles. The summed E-state index contributed by atoms with van der Waals surface area (Å²) in [5.41, 5.74) is 0. The van der Waals surface area contributed by atoms with Gasteiger partial charge in [0.1, 0.15) is 0 Å². The van der Waals surface area contributed by atoms with E-state index in [2.05, 4.69) is 9.47 Å². The van der Waals surface area contributed by atoms with E-state index in [9.17, 15) is 19.8 Å². The molecule has 90 valence electrons. The molecule has 6 nitrogen and oxygen atoms in total. The Balaban J connectivity index is 3.16. The van der Waals surface area contributed by atoms with Gasteiger partial charge >= 0.3 is 11.9 Å². The van der Waals surface area contributed by atoms with E-state index in [0.29, 0.717) is 0 Å². The van der Waals surface area contributed by atoms with E-state index in [-0.39, 0.29) is 5.75 Å². The normalized spacial score (nSPS) is 8.78. The predicted octanol–water partition coefficient (Wildman–Crippen LogP) is 0.175. The van der Waals surface area contributed by atoms with Crippen LogP contribution in [0, 0.1) is 24.7 Å². The van der Waals surface area contributed by atoms with Crippen molar-refractivity contribution in [3.05, 3.63) is 12.1 Å². The van der Waals surface area contributed by atoms with E-state index < -0.39 is 29.2 Å². The first-order valence-electron chi connectivity index (χ1n) is 4.41. The zero-order valence-corrected chi connectivity index (χ0v) is 8.84. The Morgan fingerprint density at radius 1 is 1.06 bits per heavy atom. The van der Waals surface area contributed by atoms with Crippen LogP contribution in [0.2, 0.25) is 0 Å². The fourth-order valence-electron chi connectivity index (χ4n) is 0.977. The van der Waals surface area contributed by atoms with Crippen LogP contribution in [0.25, 0.3) is 0 Å². The minimum atomic E-state index is -1.14. The van der Waals surface area contributed by atoms with Crippen LogP contribution in [0.1, 0.15) is 0 Å². The Bertz CT molecular complexity index is 588. The number of ether oxygens (including phenoxy) is 2. The highest BCUT2D eigenvalue weighted by atomic mass is 16.6. The average molecular weight is 246 g/mol. The molecule has 1 aromatic carbocycles. The van der Waals surface area contributed by atoms with E-state index in [0.717, 1.165) is 12.1 Å². The van der Waals surface area contributed by atoms with Crippen LogP contribution >= 0.6 is 0 Å². The summed E-state index contributed by atoms with van der Waals surface area (Å²) in [7, 11) is 0. The van der Waals surface area contributed by atoms with Gasteiger partial charge < -0.3 is 19.7 Å². The molecule has 0 aliphatic carbocycles. The van der Waals surface area contributed by atoms with Crippen LogP contribution in [0.4, 0.5) is 0 Å². The molecule has 0 aromatic heterocycles. The summed E-state index contributed by atoms with van der Waals surface area (Å²) in [4.78, 5) is 21.7. The van der Waals surface area contributed by atoms with Gasteiger partial charge in [-0.3, -0.25) is 0 Å². The number of terminal acetylenes is 2. The van der Waals surface area contributed by atoms with Gasteiger partial charge in [-0.2, -0.15) is 0 Å². The second-order valence-corrected chi connectivity index (χ2v) is 2.83. The van der Waals surface area contributed by atoms with Gasteiger partial charge in [0.15, 0.2) is 11.5 Å². The third-order valence-electron chi connectivity index (χ3n) is 1.71. The molecule has 0 radical (unpaired) electrons.